The Morgan fingerprint density at radius 3 is 2.71 bits per heavy atom. The Bertz CT molecular complexity index is 793. The number of aliphatic imine (C=N–C) groups is 1. The largest absolute Gasteiger partial charge is 0.379 e. The Balaban J connectivity index is 1.54. The molecule has 4 N–H and O–H groups in total. The van der Waals surface area contributed by atoms with Crippen molar-refractivity contribution >= 4 is 17.5 Å². The van der Waals surface area contributed by atoms with Crippen molar-refractivity contribution in [3.63, 3.8) is 0 Å². The van der Waals surface area contributed by atoms with E-state index in [9.17, 15) is 0 Å². The summed E-state index contributed by atoms with van der Waals surface area (Å²) in [6.45, 7) is 8.61. The van der Waals surface area contributed by atoms with E-state index in [-0.39, 0.29) is 11.8 Å². The molecular weight excluding hydrogens is 356 g/mol. The van der Waals surface area contributed by atoms with Gasteiger partial charge in [0.25, 0.3) is 0 Å². The first kappa shape index (κ1) is 17.8. The van der Waals surface area contributed by atoms with Crippen LogP contribution in [0, 0.1) is 0 Å². The zero-order chi connectivity index (χ0) is 19.1. The first-order valence-electron chi connectivity index (χ1n) is 10.1. The molecule has 5 rings (SSSR count). The summed E-state index contributed by atoms with van der Waals surface area (Å²) in [7, 11) is 0. The van der Waals surface area contributed by atoms with Crippen molar-refractivity contribution in [3.8, 4) is 0 Å². The van der Waals surface area contributed by atoms with Crippen molar-refractivity contribution < 1.29 is 4.74 Å². The molecule has 0 saturated carbocycles. The van der Waals surface area contributed by atoms with Crippen LogP contribution in [0.25, 0.3) is 5.70 Å². The third kappa shape index (κ3) is 3.03. The Labute approximate surface area is 165 Å². The molecule has 150 valence electrons. The second-order valence-electron chi connectivity index (χ2n) is 8.13. The minimum absolute atomic E-state index is 0.103. The summed E-state index contributed by atoms with van der Waals surface area (Å²) in [5.41, 5.74) is 9.12. The summed E-state index contributed by atoms with van der Waals surface area (Å²) in [5, 5.41) is 7.17. The molecule has 0 radical (unpaired) electrons. The average molecular weight is 384 g/mol. The number of rotatable bonds is 3. The zero-order valence-electron chi connectivity index (χ0n) is 16.3. The van der Waals surface area contributed by atoms with Crippen LogP contribution in [0.5, 0.6) is 0 Å². The summed E-state index contributed by atoms with van der Waals surface area (Å²) in [4.78, 5) is 18.5. The van der Waals surface area contributed by atoms with Crippen LogP contribution in [0.4, 0.5) is 5.95 Å². The van der Waals surface area contributed by atoms with Crippen molar-refractivity contribution in [2.24, 2.45) is 4.99 Å². The number of fused-ring (bicyclic) bond motifs is 1. The second-order valence-corrected chi connectivity index (χ2v) is 8.13. The first-order chi connectivity index (χ1) is 13.6. The number of nitrogens with zero attached hydrogens (tertiary/aromatic N) is 5. The van der Waals surface area contributed by atoms with Crippen LogP contribution in [-0.2, 0) is 4.74 Å². The predicted octanol–water partition coefficient (Wildman–Crippen LogP) is -0.155. The van der Waals surface area contributed by atoms with Gasteiger partial charge in [-0.2, -0.15) is 0 Å². The van der Waals surface area contributed by atoms with Gasteiger partial charge in [0.2, 0.25) is 5.95 Å². The van der Waals surface area contributed by atoms with Crippen LogP contribution in [0.2, 0.25) is 0 Å². The molecule has 9 nitrogen and oxygen atoms in total. The lowest BCUT2D eigenvalue weighted by atomic mass is 9.99. The minimum Gasteiger partial charge on any atom is -0.379 e. The van der Waals surface area contributed by atoms with Gasteiger partial charge in [0.05, 0.1) is 24.4 Å². The Hall–Kier alpha value is -2.23. The quantitative estimate of drug-likeness (QED) is 0.661. The molecule has 3 saturated heterocycles. The van der Waals surface area contributed by atoms with E-state index in [1.165, 1.54) is 5.57 Å². The fourth-order valence-corrected chi connectivity index (χ4v) is 4.63. The third-order valence-electron chi connectivity index (χ3n) is 6.28. The highest BCUT2D eigenvalue weighted by Crippen LogP contribution is 2.36. The molecule has 0 aliphatic carbocycles. The smallest absolute Gasteiger partial charge is 0.219 e. The minimum atomic E-state index is -0.103. The molecule has 9 heteroatoms. The number of nitrogen functional groups attached to an aromatic ring is 1. The number of anilines is 1. The maximum absolute atomic E-state index is 5.71. The van der Waals surface area contributed by atoms with Gasteiger partial charge in [-0.25, -0.2) is 15.0 Å². The fourth-order valence-electron chi connectivity index (χ4n) is 4.63. The summed E-state index contributed by atoms with van der Waals surface area (Å²) in [6, 6.07) is 0. The first-order valence-corrected chi connectivity index (χ1v) is 10.1. The van der Waals surface area contributed by atoms with E-state index in [4.69, 9.17) is 15.5 Å². The van der Waals surface area contributed by atoms with Crippen LogP contribution < -0.4 is 16.4 Å². The maximum Gasteiger partial charge on any atom is 0.219 e. The molecule has 1 aromatic heterocycles. The number of hydrogen-bond donors (Lipinski definition) is 3. The summed E-state index contributed by atoms with van der Waals surface area (Å²) in [6.07, 6.45) is 5.61. The number of amidine groups is 1. The van der Waals surface area contributed by atoms with Crippen molar-refractivity contribution in [1.29, 1.82) is 0 Å². The number of morpholine rings is 1. The number of nitrogens with two attached hydrogens (primary N) is 1. The van der Waals surface area contributed by atoms with E-state index in [0.29, 0.717) is 5.95 Å². The standard InChI is InChI=1S/C19H28N8O/c1-19(3-4-21-12-19)27-5-2-14-15(13-10-22-17(20)23-11-13)24-18(25-16(14)27)26-6-8-28-9-7-26/h10-11,18,21,24H,2-9,12H2,1H3,(H2,20,22,23)/t18?,19-/m0/s1. The summed E-state index contributed by atoms with van der Waals surface area (Å²) < 4.78 is 5.54. The zero-order valence-corrected chi connectivity index (χ0v) is 16.3. The monoisotopic (exact) mass is 384 g/mol. The summed E-state index contributed by atoms with van der Waals surface area (Å²) in [5.74, 6) is 1.41. The van der Waals surface area contributed by atoms with E-state index in [0.717, 1.165) is 75.9 Å². The molecule has 5 heterocycles. The third-order valence-corrected chi connectivity index (χ3v) is 6.28. The van der Waals surface area contributed by atoms with Crippen molar-refractivity contribution in [2.45, 2.75) is 31.6 Å². The van der Waals surface area contributed by atoms with Gasteiger partial charge in [-0.3, -0.25) is 4.90 Å². The van der Waals surface area contributed by atoms with Crippen LogP contribution in [0.3, 0.4) is 0 Å². The normalized spacial score (nSPS) is 31.0. The average Bonchev–Trinajstić information content (AvgIpc) is 3.36. The van der Waals surface area contributed by atoms with E-state index in [1.807, 2.05) is 0 Å². The van der Waals surface area contributed by atoms with E-state index in [2.05, 4.69) is 37.3 Å². The van der Waals surface area contributed by atoms with E-state index >= 15 is 0 Å². The molecule has 1 aromatic rings. The van der Waals surface area contributed by atoms with Gasteiger partial charge in [-0.1, -0.05) is 0 Å². The number of ether oxygens (including phenoxy) is 1. The van der Waals surface area contributed by atoms with Gasteiger partial charge in [-0.05, 0) is 26.3 Å². The lowest BCUT2D eigenvalue weighted by Gasteiger charge is -2.40. The van der Waals surface area contributed by atoms with Crippen LogP contribution in [-0.4, -0.2) is 83.4 Å². The van der Waals surface area contributed by atoms with Gasteiger partial charge in [0, 0.05) is 49.7 Å². The molecule has 0 aromatic carbocycles. The second kappa shape index (κ2) is 6.98. The molecule has 2 atom stereocenters. The number of likely N-dealkylation sites (tertiary alicyclic amines) is 1. The SMILES string of the molecule is C[C@]1(N2CCC3=C(c4cnc(N)nc4)NC(N4CCOCC4)N=C32)CCNC1. The highest BCUT2D eigenvalue weighted by atomic mass is 16.5. The number of nitrogens with one attached hydrogen (secondary N) is 2. The highest BCUT2D eigenvalue weighted by molar-refractivity contribution is 6.07. The molecule has 0 amide bonds. The van der Waals surface area contributed by atoms with Crippen LogP contribution >= 0.6 is 0 Å². The topological polar surface area (TPSA) is 104 Å². The Morgan fingerprint density at radius 1 is 1.21 bits per heavy atom. The molecule has 1 unspecified atom stereocenters. The van der Waals surface area contributed by atoms with Gasteiger partial charge in [0.15, 0.2) is 6.29 Å². The van der Waals surface area contributed by atoms with Crippen LogP contribution in [0.1, 0.15) is 25.3 Å². The molecule has 3 fully saturated rings. The Kier molecular flexibility index (Phi) is 4.45. The molecular formula is C19H28N8O. The predicted molar refractivity (Wildman–Crippen MR) is 107 cm³/mol. The van der Waals surface area contributed by atoms with Gasteiger partial charge in [-0.15, -0.1) is 0 Å². The van der Waals surface area contributed by atoms with Crippen molar-refractivity contribution in [2.75, 3.05) is 51.7 Å². The number of hydrogen-bond acceptors (Lipinski definition) is 9. The van der Waals surface area contributed by atoms with Gasteiger partial charge in [0.1, 0.15) is 5.84 Å². The maximum atomic E-state index is 5.71. The van der Waals surface area contributed by atoms with Crippen molar-refractivity contribution in [3.05, 3.63) is 23.5 Å². The molecule has 4 aliphatic heterocycles. The van der Waals surface area contributed by atoms with Crippen molar-refractivity contribution in [1.82, 2.24) is 30.4 Å². The van der Waals surface area contributed by atoms with E-state index < -0.39 is 0 Å². The van der Waals surface area contributed by atoms with Crippen LogP contribution in [0.15, 0.2) is 23.0 Å². The molecule has 0 spiro atoms. The number of aromatic nitrogens is 2. The lowest BCUT2D eigenvalue weighted by Crippen LogP contribution is -2.54. The Morgan fingerprint density at radius 2 is 2.00 bits per heavy atom. The molecule has 28 heavy (non-hydrogen) atoms. The summed E-state index contributed by atoms with van der Waals surface area (Å²) >= 11 is 0. The highest BCUT2D eigenvalue weighted by Gasteiger charge is 2.43. The lowest BCUT2D eigenvalue weighted by molar-refractivity contribution is 0.0140. The molecule has 4 aliphatic rings. The van der Waals surface area contributed by atoms with Gasteiger partial charge < -0.3 is 26.0 Å². The van der Waals surface area contributed by atoms with E-state index in [1.54, 1.807) is 12.4 Å². The molecule has 0 bridgehead atoms. The fraction of sp³-hybridized carbons (Fsp3) is 0.632. The van der Waals surface area contributed by atoms with Gasteiger partial charge >= 0.3 is 0 Å².